The van der Waals surface area contributed by atoms with Crippen molar-refractivity contribution in [3.63, 3.8) is 0 Å². The summed E-state index contributed by atoms with van der Waals surface area (Å²) in [5.74, 6) is 2.27. The highest BCUT2D eigenvalue weighted by atomic mass is 35.5. The summed E-state index contributed by atoms with van der Waals surface area (Å²) in [4.78, 5) is 20.1. The van der Waals surface area contributed by atoms with E-state index in [1.165, 1.54) is 35.2 Å². The molecular weight excluding hydrogens is 646 g/mol. The minimum Gasteiger partial charge on any atom is -0.493 e. The van der Waals surface area contributed by atoms with E-state index in [0.717, 1.165) is 68.9 Å². The SMILES string of the molecule is CCN(CC)CC(C)Oc1ccc2c(c1)C1(CCC(Nc3cccc(Cl)c3)(C(=O)O)CC1)[C@@H](C[C@@H](C)COc1ccnc3c1[C@H](C)CCC3)C2. The maximum Gasteiger partial charge on any atom is 0.329 e. The van der Waals surface area contributed by atoms with Gasteiger partial charge in [-0.15, -0.1) is 0 Å². The van der Waals surface area contributed by atoms with E-state index in [4.69, 9.17) is 21.1 Å². The van der Waals surface area contributed by atoms with E-state index in [1.54, 1.807) is 0 Å². The van der Waals surface area contributed by atoms with Crippen molar-refractivity contribution in [3.8, 4) is 11.5 Å². The van der Waals surface area contributed by atoms with Crippen LogP contribution in [0.1, 0.15) is 108 Å². The van der Waals surface area contributed by atoms with Gasteiger partial charge in [-0.2, -0.15) is 0 Å². The Balaban J connectivity index is 1.24. The zero-order chi connectivity index (χ0) is 35.5. The molecule has 1 unspecified atom stereocenters. The Morgan fingerprint density at radius 2 is 1.88 bits per heavy atom. The number of carbonyl (C=O) groups is 1. The largest absolute Gasteiger partial charge is 0.493 e. The van der Waals surface area contributed by atoms with Crippen molar-refractivity contribution in [2.75, 3.05) is 31.6 Å². The van der Waals surface area contributed by atoms with Crippen LogP contribution in [-0.2, 0) is 23.1 Å². The monoisotopic (exact) mass is 701 g/mol. The van der Waals surface area contributed by atoms with E-state index in [9.17, 15) is 9.90 Å². The van der Waals surface area contributed by atoms with Crippen LogP contribution in [0.5, 0.6) is 11.5 Å². The molecule has 50 heavy (non-hydrogen) atoms. The Morgan fingerprint density at radius 3 is 2.60 bits per heavy atom. The number of aryl methyl sites for hydroxylation is 1. The van der Waals surface area contributed by atoms with Gasteiger partial charge in [0.1, 0.15) is 23.1 Å². The number of likely N-dealkylation sites (N-methyl/N-ethyl adjacent to an activating group) is 1. The molecular formula is C42H56ClN3O4. The van der Waals surface area contributed by atoms with Crippen LogP contribution in [0.2, 0.25) is 5.02 Å². The molecule has 1 heterocycles. The van der Waals surface area contributed by atoms with Gasteiger partial charge in [-0.1, -0.05) is 51.4 Å². The number of ether oxygens (including phenoxy) is 2. The van der Waals surface area contributed by atoms with Crippen molar-refractivity contribution in [2.45, 2.75) is 115 Å². The number of aliphatic carboxylic acids is 1. The second-order valence-corrected chi connectivity index (χ2v) is 15.9. The molecule has 270 valence electrons. The number of benzene rings is 2. The zero-order valence-electron chi connectivity index (χ0n) is 30.6. The summed E-state index contributed by atoms with van der Waals surface area (Å²) in [6.07, 6.45) is 9.97. The van der Waals surface area contributed by atoms with Crippen LogP contribution >= 0.6 is 11.6 Å². The standard InChI is InChI=1S/C42H56ClN3O4/c1-6-46(7-2)26-30(5)50-35-15-14-31-23-32(22-28(3)27-49-38-16-21-44-37-13-8-10-29(4)39(37)38)41(36(31)25-35)17-19-42(20-18-41,40(47)48)45-34-12-9-11-33(43)24-34/h9,11-12,14-16,21,24-25,28-30,32,45H,6-8,10,13,17-20,22-23,26-27H2,1-5H3,(H,47,48)/t28-,29-,30?,32+,41?,42?/m1/s1. The zero-order valence-corrected chi connectivity index (χ0v) is 31.4. The minimum absolute atomic E-state index is 0.0628. The fourth-order valence-electron chi connectivity index (χ4n) is 9.26. The average Bonchev–Trinajstić information content (AvgIpc) is 3.38. The van der Waals surface area contributed by atoms with Crippen LogP contribution in [-0.4, -0.2) is 58.8 Å². The van der Waals surface area contributed by atoms with Gasteiger partial charge in [0.05, 0.1) is 6.61 Å². The number of halogens is 1. The molecule has 3 aromatic rings. The van der Waals surface area contributed by atoms with Crippen LogP contribution in [0, 0.1) is 11.8 Å². The summed E-state index contributed by atoms with van der Waals surface area (Å²) in [5, 5.41) is 14.7. The number of nitrogens with one attached hydrogen (secondary N) is 1. The van der Waals surface area contributed by atoms with Gasteiger partial charge in [0.15, 0.2) is 0 Å². The average molecular weight is 702 g/mol. The van der Waals surface area contributed by atoms with E-state index in [1.807, 2.05) is 36.5 Å². The lowest BCUT2D eigenvalue weighted by Crippen LogP contribution is -2.53. The van der Waals surface area contributed by atoms with Crippen molar-refractivity contribution >= 4 is 23.3 Å². The third-order valence-electron chi connectivity index (χ3n) is 12.0. The summed E-state index contributed by atoms with van der Waals surface area (Å²) >= 11 is 6.30. The summed E-state index contributed by atoms with van der Waals surface area (Å²) in [6, 6.07) is 16.1. The van der Waals surface area contributed by atoms with E-state index in [-0.39, 0.29) is 11.5 Å². The number of anilines is 1. The number of rotatable bonds is 14. The molecule has 3 aliphatic rings. The Hall–Kier alpha value is -3.29. The van der Waals surface area contributed by atoms with Crippen molar-refractivity contribution in [2.24, 2.45) is 11.8 Å². The molecule has 8 heteroatoms. The number of carboxylic acid groups (broad SMARTS) is 1. The first-order chi connectivity index (χ1) is 24.1. The first-order valence-electron chi connectivity index (χ1n) is 19.0. The molecule has 0 aliphatic heterocycles. The third kappa shape index (κ3) is 7.64. The minimum atomic E-state index is -1.05. The Labute approximate surface area is 304 Å². The first-order valence-corrected chi connectivity index (χ1v) is 19.3. The van der Waals surface area contributed by atoms with E-state index >= 15 is 0 Å². The molecule has 3 aliphatic carbocycles. The number of pyridine rings is 1. The van der Waals surface area contributed by atoms with Gasteiger partial charge in [0, 0.05) is 34.7 Å². The molecule has 1 saturated carbocycles. The second kappa shape index (κ2) is 15.5. The fourth-order valence-corrected chi connectivity index (χ4v) is 9.46. The molecule has 2 aromatic carbocycles. The highest BCUT2D eigenvalue weighted by Gasteiger charge is 2.54. The Kier molecular flexibility index (Phi) is 11.3. The number of hydrogen-bond acceptors (Lipinski definition) is 6. The van der Waals surface area contributed by atoms with Crippen molar-refractivity contribution in [3.05, 3.63) is 82.1 Å². The molecule has 0 bridgehead atoms. The molecule has 1 fully saturated rings. The first kappa shape index (κ1) is 36.5. The van der Waals surface area contributed by atoms with Gasteiger partial charge in [-0.25, -0.2) is 4.79 Å². The van der Waals surface area contributed by atoms with Gasteiger partial charge >= 0.3 is 5.97 Å². The lowest BCUT2D eigenvalue weighted by molar-refractivity contribution is -0.144. The highest BCUT2D eigenvalue weighted by Crippen LogP contribution is 2.57. The predicted octanol–water partition coefficient (Wildman–Crippen LogP) is 9.31. The summed E-state index contributed by atoms with van der Waals surface area (Å²) in [5.41, 5.74) is 4.76. The van der Waals surface area contributed by atoms with Gasteiger partial charge < -0.3 is 24.8 Å². The fraction of sp³-hybridized carbons (Fsp3) is 0.571. The topological polar surface area (TPSA) is 83.9 Å². The van der Waals surface area contributed by atoms with E-state index < -0.39 is 11.5 Å². The molecule has 7 nitrogen and oxygen atoms in total. The molecule has 6 rings (SSSR count). The van der Waals surface area contributed by atoms with Crippen molar-refractivity contribution in [1.82, 2.24) is 9.88 Å². The second-order valence-electron chi connectivity index (χ2n) is 15.4. The van der Waals surface area contributed by atoms with Gasteiger partial charge in [0.25, 0.3) is 0 Å². The molecule has 1 aromatic heterocycles. The number of carboxylic acids is 1. The van der Waals surface area contributed by atoms with Crippen molar-refractivity contribution < 1.29 is 19.4 Å². The molecule has 0 saturated heterocycles. The number of nitrogens with zero attached hydrogens (tertiary/aromatic N) is 2. The third-order valence-corrected chi connectivity index (χ3v) is 12.2. The quantitative estimate of drug-likeness (QED) is 0.173. The van der Waals surface area contributed by atoms with E-state index in [0.29, 0.717) is 42.2 Å². The maximum absolute atomic E-state index is 13.0. The molecule has 1 spiro atoms. The predicted molar refractivity (Wildman–Crippen MR) is 202 cm³/mol. The summed E-state index contributed by atoms with van der Waals surface area (Å²) in [7, 11) is 0. The Bertz CT molecular complexity index is 1630. The van der Waals surface area contributed by atoms with Crippen LogP contribution in [0.4, 0.5) is 5.69 Å². The normalized spacial score (nSPS) is 25.5. The molecule has 4 atom stereocenters. The summed E-state index contributed by atoms with van der Waals surface area (Å²) in [6.45, 7) is 14.7. The number of fused-ring (bicyclic) bond motifs is 3. The summed E-state index contributed by atoms with van der Waals surface area (Å²) < 4.78 is 13.1. The van der Waals surface area contributed by atoms with Crippen LogP contribution in [0.3, 0.4) is 0 Å². The van der Waals surface area contributed by atoms with Gasteiger partial charge in [-0.05, 0) is 148 Å². The van der Waals surface area contributed by atoms with Crippen LogP contribution in [0.15, 0.2) is 54.7 Å². The lowest BCUT2D eigenvalue weighted by atomic mass is 9.59. The van der Waals surface area contributed by atoms with E-state index in [2.05, 4.69) is 68.0 Å². The smallest absolute Gasteiger partial charge is 0.329 e. The van der Waals surface area contributed by atoms with Crippen molar-refractivity contribution in [1.29, 1.82) is 0 Å². The highest BCUT2D eigenvalue weighted by molar-refractivity contribution is 6.30. The molecule has 2 N–H and O–H groups in total. The lowest BCUT2D eigenvalue weighted by Gasteiger charge is -2.47. The number of aromatic nitrogens is 1. The van der Waals surface area contributed by atoms with Crippen LogP contribution in [0.25, 0.3) is 0 Å². The van der Waals surface area contributed by atoms with Gasteiger partial charge in [0.2, 0.25) is 0 Å². The van der Waals surface area contributed by atoms with Crippen LogP contribution < -0.4 is 14.8 Å². The maximum atomic E-state index is 13.0. The molecule has 0 amide bonds. The molecule has 0 radical (unpaired) electrons. The Morgan fingerprint density at radius 1 is 1.10 bits per heavy atom. The van der Waals surface area contributed by atoms with Gasteiger partial charge in [-0.3, -0.25) is 4.98 Å². The number of hydrogen-bond donors (Lipinski definition) is 2.